The Labute approximate surface area is 240 Å². The van der Waals surface area contributed by atoms with Crippen molar-refractivity contribution in [1.82, 2.24) is 5.32 Å². The number of carbonyl (C=O) groups excluding carboxylic acids is 2. The second-order valence-electron chi connectivity index (χ2n) is 9.58. The molecule has 0 saturated carbocycles. The Morgan fingerprint density at radius 1 is 0.780 bits per heavy atom. The molecule has 1 amide bonds. The van der Waals surface area contributed by atoms with E-state index in [9.17, 15) is 9.59 Å². The molecule has 0 saturated heterocycles. The van der Waals surface area contributed by atoms with Gasteiger partial charge in [0.25, 0.3) is 0 Å². The van der Waals surface area contributed by atoms with Gasteiger partial charge >= 0.3 is 12.1 Å². The van der Waals surface area contributed by atoms with Crippen LogP contribution in [0.3, 0.4) is 0 Å². The summed E-state index contributed by atoms with van der Waals surface area (Å²) < 4.78 is 28.1. The van der Waals surface area contributed by atoms with E-state index in [1.54, 1.807) is 6.92 Å². The lowest BCUT2D eigenvalue weighted by molar-refractivity contribution is -0.140. The molecule has 0 aromatic heterocycles. The smallest absolute Gasteiger partial charge is 0.412 e. The summed E-state index contributed by atoms with van der Waals surface area (Å²) in [7, 11) is 0. The van der Waals surface area contributed by atoms with Gasteiger partial charge in [0, 0.05) is 40.4 Å². The first-order chi connectivity index (χ1) is 20.0. The minimum absolute atomic E-state index is 0.161. The van der Waals surface area contributed by atoms with Gasteiger partial charge in [-0.2, -0.15) is 0 Å². The lowest BCUT2D eigenvalue weighted by atomic mass is 9.90. The molecular formula is C33H37NO7. The molecule has 216 valence electrons. The molecule has 0 heterocycles. The van der Waals surface area contributed by atoms with Gasteiger partial charge in [-0.05, 0) is 25.3 Å². The van der Waals surface area contributed by atoms with Crippen LogP contribution in [0.2, 0.25) is 0 Å². The van der Waals surface area contributed by atoms with Gasteiger partial charge in [-0.15, -0.1) is 0 Å². The average Bonchev–Trinajstić information content (AvgIpc) is 2.99. The average molecular weight is 560 g/mol. The van der Waals surface area contributed by atoms with Gasteiger partial charge < -0.3 is 29.0 Å². The summed E-state index contributed by atoms with van der Waals surface area (Å²) in [6, 6.07) is 18.1. The topological polar surface area (TPSA) is 92.3 Å². The van der Waals surface area contributed by atoms with Crippen molar-refractivity contribution in [2.45, 2.75) is 26.2 Å². The number of carbonyl (C=O) groups is 2. The monoisotopic (exact) mass is 559 g/mol. The SMILES string of the molecule is C=C(C)C(=O)OCCOCCOCCNC(=O)Oc1c2c(c(OCCc3ccccc3)c3ccccc13)CC=CC2. The number of benzene rings is 3. The van der Waals surface area contributed by atoms with Crippen LogP contribution in [-0.2, 0) is 38.3 Å². The standard InChI is InChI=1S/C33H37NO7/c1-24(2)32(35)40-23-22-38-21-20-37-19-17-34-33(36)41-31-28-14-8-6-12-26(28)30(27-13-7-9-15-29(27)31)39-18-16-25-10-4-3-5-11-25/h3-12,14H,1,13,15-23H2,2H3,(H,34,36). The zero-order valence-corrected chi connectivity index (χ0v) is 23.5. The van der Waals surface area contributed by atoms with Crippen molar-refractivity contribution in [2.24, 2.45) is 0 Å². The molecule has 0 atom stereocenters. The maximum Gasteiger partial charge on any atom is 0.412 e. The highest BCUT2D eigenvalue weighted by molar-refractivity contribution is 5.97. The van der Waals surface area contributed by atoms with Gasteiger partial charge in [-0.25, -0.2) is 9.59 Å². The molecular weight excluding hydrogens is 522 g/mol. The van der Waals surface area contributed by atoms with E-state index in [4.69, 9.17) is 23.7 Å². The minimum Gasteiger partial charge on any atom is -0.492 e. The van der Waals surface area contributed by atoms with Crippen LogP contribution < -0.4 is 14.8 Å². The van der Waals surface area contributed by atoms with Crippen LogP contribution in [0.1, 0.15) is 23.6 Å². The number of hydrogen-bond acceptors (Lipinski definition) is 7. The van der Waals surface area contributed by atoms with E-state index < -0.39 is 12.1 Å². The van der Waals surface area contributed by atoms with Crippen molar-refractivity contribution in [3.8, 4) is 11.5 Å². The Kier molecular flexibility index (Phi) is 11.3. The Hall–Kier alpha value is -4.14. The lowest BCUT2D eigenvalue weighted by Crippen LogP contribution is -2.31. The van der Waals surface area contributed by atoms with Crippen molar-refractivity contribution in [1.29, 1.82) is 0 Å². The normalized spacial score (nSPS) is 12.0. The van der Waals surface area contributed by atoms with Crippen LogP contribution in [0.5, 0.6) is 11.5 Å². The van der Waals surface area contributed by atoms with Crippen LogP contribution in [0.25, 0.3) is 10.8 Å². The van der Waals surface area contributed by atoms with Crippen LogP contribution >= 0.6 is 0 Å². The third-order valence-corrected chi connectivity index (χ3v) is 6.51. The zero-order valence-electron chi connectivity index (χ0n) is 23.5. The van der Waals surface area contributed by atoms with Crippen LogP contribution in [0.15, 0.2) is 78.9 Å². The summed E-state index contributed by atoms with van der Waals surface area (Å²) >= 11 is 0. The summed E-state index contributed by atoms with van der Waals surface area (Å²) in [6.45, 7) is 7.39. The molecule has 1 N–H and O–H groups in total. The molecule has 3 aromatic rings. The number of ether oxygens (including phenoxy) is 5. The van der Waals surface area contributed by atoms with Crippen molar-refractivity contribution in [3.05, 3.63) is 95.6 Å². The largest absolute Gasteiger partial charge is 0.492 e. The first-order valence-electron chi connectivity index (χ1n) is 13.9. The van der Waals surface area contributed by atoms with E-state index in [2.05, 4.69) is 36.2 Å². The molecule has 4 rings (SSSR count). The van der Waals surface area contributed by atoms with E-state index >= 15 is 0 Å². The molecule has 8 nitrogen and oxygen atoms in total. The molecule has 0 bridgehead atoms. The number of amides is 1. The van der Waals surface area contributed by atoms with Crippen LogP contribution in [-0.4, -0.2) is 58.2 Å². The van der Waals surface area contributed by atoms with E-state index in [0.29, 0.717) is 50.6 Å². The first kappa shape index (κ1) is 29.8. The molecule has 41 heavy (non-hydrogen) atoms. The summed E-state index contributed by atoms with van der Waals surface area (Å²) in [4.78, 5) is 24.1. The van der Waals surface area contributed by atoms with Gasteiger partial charge in [0.2, 0.25) is 0 Å². The molecule has 8 heteroatoms. The van der Waals surface area contributed by atoms with Crippen LogP contribution in [0, 0.1) is 0 Å². The molecule has 0 fully saturated rings. The lowest BCUT2D eigenvalue weighted by Gasteiger charge is -2.23. The fraction of sp³-hybridized carbons (Fsp3) is 0.333. The summed E-state index contributed by atoms with van der Waals surface area (Å²) in [5.41, 5.74) is 3.60. The molecule has 0 unspecified atom stereocenters. The number of allylic oxidation sites excluding steroid dienone is 2. The van der Waals surface area contributed by atoms with Gasteiger partial charge in [0.1, 0.15) is 18.1 Å². The van der Waals surface area contributed by atoms with Gasteiger partial charge in [-0.1, -0.05) is 73.3 Å². The van der Waals surface area contributed by atoms with Gasteiger partial charge in [-0.3, -0.25) is 0 Å². The maximum absolute atomic E-state index is 12.8. The fourth-order valence-electron chi connectivity index (χ4n) is 4.50. The zero-order chi connectivity index (χ0) is 28.9. The highest BCUT2D eigenvalue weighted by Crippen LogP contribution is 2.43. The summed E-state index contributed by atoms with van der Waals surface area (Å²) in [5, 5.41) is 4.53. The first-order valence-corrected chi connectivity index (χ1v) is 13.9. The summed E-state index contributed by atoms with van der Waals surface area (Å²) in [6.07, 6.45) is 5.86. The molecule has 1 aliphatic carbocycles. The van der Waals surface area contributed by atoms with Crippen molar-refractivity contribution in [3.63, 3.8) is 0 Å². The third-order valence-electron chi connectivity index (χ3n) is 6.51. The van der Waals surface area contributed by atoms with E-state index in [1.807, 2.05) is 42.5 Å². The Morgan fingerprint density at radius 2 is 1.39 bits per heavy atom. The molecule has 0 spiro atoms. The van der Waals surface area contributed by atoms with Crippen molar-refractivity contribution in [2.75, 3.05) is 46.2 Å². The Morgan fingerprint density at radius 3 is 2.10 bits per heavy atom. The number of hydrogen-bond donors (Lipinski definition) is 1. The van der Waals surface area contributed by atoms with Gasteiger partial charge in [0.05, 0.1) is 33.0 Å². The second-order valence-corrected chi connectivity index (χ2v) is 9.58. The number of esters is 1. The minimum atomic E-state index is -0.538. The summed E-state index contributed by atoms with van der Waals surface area (Å²) in [5.74, 6) is 0.985. The van der Waals surface area contributed by atoms with Crippen molar-refractivity contribution >= 4 is 22.8 Å². The highest BCUT2D eigenvalue weighted by atomic mass is 16.6. The molecule has 0 radical (unpaired) electrons. The fourth-order valence-corrected chi connectivity index (χ4v) is 4.50. The quantitative estimate of drug-likeness (QED) is 0.116. The van der Waals surface area contributed by atoms with E-state index in [1.165, 1.54) is 5.56 Å². The Bertz CT molecular complexity index is 1370. The number of rotatable bonds is 15. The number of nitrogens with one attached hydrogen (secondary N) is 1. The van der Waals surface area contributed by atoms with E-state index in [-0.39, 0.29) is 19.8 Å². The predicted octanol–water partition coefficient (Wildman–Crippen LogP) is 5.36. The molecule has 1 aliphatic rings. The molecule has 3 aromatic carbocycles. The maximum atomic E-state index is 12.8. The van der Waals surface area contributed by atoms with E-state index in [0.717, 1.165) is 34.1 Å². The predicted molar refractivity (Wildman–Crippen MR) is 158 cm³/mol. The van der Waals surface area contributed by atoms with Crippen molar-refractivity contribution < 1.29 is 33.3 Å². The molecule has 0 aliphatic heterocycles. The third kappa shape index (κ3) is 8.67. The number of fused-ring (bicyclic) bond motifs is 2. The highest BCUT2D eigenvalue weighted by Gasteiger charge is 2.23. The van der Waals surface area contributed by atoms with Gasteiger partial charge in [0.15, 0.2) is 0 Å². The second kappa shape index (κ2) is 15.6. The Balaban J connectivity index is 1.29. The van der Waals surface area contributed by atoms with Crippen LogP contribution in [0.4, 0.5) is 4.79 Å².